The SMILES string of the molecule is COc1ccc2cc(C=NNC(=O)C(C)Sc3ccccc3)c(Cl)nc2c1. The first kappa shape index (κ1) is 19.2. The van der Waals surface area contributed by atoms with Crippen LogP contribution >= 0.6 is 23.4 Å². The van der Waals surface area contributed by atoms with Gasteiger partial charge in [-0.2, -0.15) is 5.10 Å². The van der Waals surface area contributed by atoms with Crippen LogP contribution in [0.25, 0.3) is 10.9 Å². The summed E-state index contributed by atoms with van der Waals surface area (Å²) in [6.45, 7) is 1.83. The molecule has 0 radical (unpaired) electrons. The van der Waals surface area contributed by atoms with Gasteiger partial charge in [-0.15, -0.1) is 11.8 Å². The molecular weight excluding hydrogens is 382 g/mol. The number of fused-ring (bicyclic) bond motifs is 1. The molecule has 0 aliphatic rings. The first-order chi connectivity index (χ1) is 13.1. The van der Waals surface area contributed by atoms with Crippen LogP contribution < -0.4 is 10.2 Å². The number of rotatable bonds is 6. The lowest BCUT2D eigenvalue weighted by Crippen LogP contribution is -2.26. The molecule has 7 heteroatoms. The van der Waals surface area contributed by atoms with Gasteiger partial charge in [0.2, 0.25) is 0 Å². The van der Waals surface area contributed by atoms with E-state index < -0.39 is 0 Å². The highest BCUT2D eigenvalue weighted by Gasteiger charge is 2.13. The molecule has 0 spiro atoms. The third-order valence-corrected chi connectivity index (χ3v) is 5.22. The zero-order valence-electron chi connectivity index (χ0n) is 14.8. The monoisotopic (exact) mass is 399 g/mol. The number of carbonyl (C=O) groups excluding carboxylic acids is 1. The van der Waals surface area contributed by atoms with Crippen molar-refractivity contribution in [1.29, 1.82) is 0 Å². The van der Waals surface area contributed by atoms with Gasteiger partial charge in [0.15, 0.2) is 0 Å². The molecule has 2 aromatic carbocycles. The highest BCUT2D eigenvalue weighted by molar-refractivity contribution is 8.00. The third-order valence-electron chi connectivity index (χ3n) is 3.81. The highest BCUT2D eigenvalue weighted by Crippen LogP contribution is 2.24. The average molecular weight is 400 g/mol. The Kier molecular flexibility index (Phi) is 6.32. The minimum Gasteiger partial charge on any atom is -0.497 e. The zero-order chi connectivity index (χ0) is 19.2. The Hall–Kier alpha value is -2.57. The molecule has 138 valence electrons. The standard InChI is InChI=1S/C20H18ClN3O2S/c1-13(27-17-6-4-3-5-7-17)20(25)24-22-12-15-10-14-8-9-16(26-2)11-18(14)23-19(15)21/h3-13H,1-2H3,(H,24,25). The second kappa shape index (κ2) is 8.88. The molecule has 1 heterocycles. The fraction of sp³-hybridized carbons (Fsp3) is 0.150. The summed E-state index contributed by atoms with van der Waals surface area (Å²) in [5.74, 6) is 0.527. The molecule has 1 N–H and O–H groups in total. The van der Waals surface area contributed by atoms with Gasteiger partial charge < -0.3 is 4.74 Å². The Bertz CT molecular complexity index is 980. The normalized spacial score (nSPS) is 12.3. The van der Waals surface area contributed by atoms with Gasteiger partial charge >= 0.3 is 0 Å². The molecule has 0 fully saturated rings. The maximum absolute atomic E-state index is 12.2. The van der Waals surface area contributed by atoms with Gasteiger partial charge in [0.05, 0.1) is 24.1 Å². The number of hydrazone groups is 1. The van der Waals surface area contributed by atoms with Crippen molar-refractivity contribution in [2.24, 2.45) is 5.10 Å². The van der Waals surface area contributed by atoms with E-state index in [-0.39, 0.29) is 11.2 Å². The van der Waals surface area contributed by atoms with Crippen LogP contribution in [0.5, 0.6) is 5.75 Å². The van der Waals surface area contributed by atoms with Gasteiger partial charge in [-0.3, -0.25) is 4.79 Å². The summed E-state index contributed by atoms with van der Waals surface area (Å²) in [6.07, 6.45) is 1.50. The number of nitrogens with one attached hydrogen (secondary N) is 1. The van der Waals surface area contributed by atoms with Crippen LogP contribution in [0.4, 0.5) is 0 Å². The topological polar surface area (TPSA) is 63.6 Å². The first-order valence-corrected chi connectivity index (χ1v) is 9.51. The summed E-state index contributed by atoms with van der Waals surface area (Å²) in [6, 6.07) is 17.2. The van der Waals surface area contributed by atoms with Crippen molar-refractivity contribution >= 4 is 46.4 Å². The smallest absolute Gasteiger partial charge is 0.253 e. The maximum atomic E-state index is 12.2. The highest BCUT2D eigenvalue weighted by atomic mass is 35.5. The maximum Gasteiger partial charge on any atom is 0.253 e. The van der Waals surface area contributed by atoms with E-state index in [4.69, 9.17) is 16.3 Å². The number of aromatic nitrogens is 1. The van der Waals surface area contributed by atoms with Crippen molar-refractivity contribution in [3.8, 4) is 5.75 Å². The lowest BCUT2D eigenvalue weighted by Gasteiger charge is -2.09. The van der Waals surface area contributed by atoms with Crippen LogP contribution in [-0.4, -0.2) is 29.5 Å². The number of halogens is 1. The quantitative estimate of drug-likeness (QED) is 0.286. The Labute approximate surface area is 166 Å². The van der Waals surface area contributed by atoms with Crippen molar-refractivity contribution in [3.63, 3.8) is 0 Å². The summed E-state index contributed by atoms with van der Waals surface area (Å²) < 4.78 is 5.19. The number of carbonyl (C=O) groups is 1. The predicted octanol–water partition coefficient (Wildman–Crippen LogP) is 4.53. The summed E-state index contributed by atoms with van der Waals surface area (Å²) in [4.78, 5) is 17.6. The van der Waals surface area contributed by atoms with Crippen molar-refractivity contribution in [1.82, 2.24) is 10.4 Å². The Morgan fingerprint density at radius 2 is 2.04 bits per heavy atom. The number of methoxy groups -OCH3 is 1. The minimum atomic E-state index is -0.276. The van der Waals surface area contributed by atoms with Gasteiger partial charge in [0.25, 0.3) is 5.91 Å². The number of benzene rings is 2. The van der Waals surface area contributed by atoms with E-state index in [2.05, 4.69) is 15.5 Å². The molecule has 0 bridgehead atoms. The fourth-order valence-corrected chi connectivity index (χ4v) is 3.45. The molecule has 0 saturated heterocycles. The molecule has 27 heavy (non-hydrogen) atoms. The average Bonchev–Trinajstić information content (AvgIpc) is 2.68. The number of ether oxygens (including phenoxy) is 1. The molecule has 1 atom stereocenters. The van der Waals surface area contributed by atoms with Crippen LogP contribution in [0.3, 0.4) is 0 Å². The van der Waals surface area contributed by atoms with E-state index in [1.165, 1.54) is 18.0 Å². The zero-order valence-corrected chi connectivity index (χ0v) is 16.4. The molecular formula is C20H18ClN3O2S. The number of nitrogens with zero attached hydrogens (tertiary/aromatic N) is 2. The number of amides is 1. The van der Waals surface area contributed by atoms with Gasteiger partial charge in [-0.25, -0.2) is 10.4 Å². The van der Waals surface area contributed by atoms with Crippen molar-refractivity contribution < 1.29 is 9.53 Å². The van der Waals surface area contributed by atoms with Gasteiger partial charge in [-0.1, -0.05) is 29.8 Å². The summed E-state index contributed by atoms with van der Waals surface area (Å²) in [5.41, 5.74) is 3.90. The number of hydrogen-bond acceptors (Lipinski definition) is 5. The van der Waals surface area contributed by atoms with Gasteiger partial charge in [0.1, 0.15) is 10.9 Å². The second-order valence-electron chi connectivity index (χ2n) is 5.73. The largest absolute Gasteiger partial charge is 0.497 e. The predicted molar refractivity (Wildman–Crippen MR) is 111 cm³/mol. The first-order valence-electron chi connectivity index (χ1n) is 8.26. The van der Waals surface area contributed by atoms with E-state index >= 15 is 0 Å². The van der Waals surface area contributed by atoms with E-state index in [0.29, 0.717) is 16.5 Å². The molecule has 1 amide bonds. The van der Waals surface area contributed by atoms with Crippen molar-refractivity contribution in [2.45, 2.75) is 17.1 Å². The van der Waals surface area contributed by atoms with Crippen molar-refractivity contribution in [2.75, 3.05) is 7.11 Å². The van der Waals surface area contributed by atoms with Gasteiger partial charge in [0, 0.05) is 21.9 Å². The van der Waals surface area contributed by atoms with E-state index in [1.807, 2.05) is 61.5 Å². The lowest BCUT2D eigenvalue weighted by molar-refractivity contribution is -0.120. The van der Waals surface area contributed by atoms with Crippen LogP contribution in [0.15, 0.2) is 64.6 Å². The van der Waals surface area contributed by atoms with Crippen LogP contribution in [-0.2, 0) is 4.79 Å². The Morgan fingerprint density at radius 3 is 2.78 bits per heavy atom. The Morgan fingerprint density at radius 1 is 1.26 bits per heavy atom. The number of pyridine rings is 1. The van der Waals surface area contributed by atoms with E-state index in [0.717, 1.165) is 15.8 Å². The second-order valence-corrected chi connectivity index (χ2v) is 7.51. The molecule has 1 aromatic heterocycles. The molecule has 1 unspecified atom stereocenters. The van der Waals surface area contributed by atoms with E-state index in [1.54, 1.807) is 7.11 Å². The molecule has 0 aliphatic carbocycles. The summed E-state index contributed by atoms with van der Waals surface area (Å²) in [5, 5.41) is 4.95. The third kappa shape index (κ3) is 4.99. The lowest BCUT2D eigenvalue weighted by atomic mass is 10.1. The summed E-state index contributed by atoms with van der Waals surface area (Å²) >= 11 is 7.69. The number of hydrogen-bond donors (Lipinski definition) is 1. The minimum absolute atomic E-state index is 0.185. The molecule has 3 aromatic rings. The van der Waals surface area contributed by atoms with E-state index in [9.17, 15) is 4.79 Å². The molecule has 0 aliphatic heterocycles. The molecule has 5 nitrogen and oxygen atoms in total. The molecule has 0 saturated carbocycles. The summed E-state index contributed by atoms with van der Waals surface area (Å²) in [7, 11) is 1.60. The van der Waals surface area contributed by atoms with Crippen LogP contribution in [0, 0.1) is 0 Å². The van der Waals surface area contributed by atoms with Crippen LogP contribution in [0.2, 0.25) is 5.15 Å². The fourth-order valence-electron chi connectivity index (χ4n) is 2.37. The van der Waals surface area contributed by atoms with Crippen molar-refractivity contribution in [3.05, 3.63) is 65.3 Å². The van der Waals surface area contributed by atoms with Crippen LogP contribution in [0.1, 0.15) is 12.5 Å². The van der Waals surface area contributed by atoms with Gasteiger partial charge in [-0.05, 0) is 37.3 Å². The number of thioether (sulfide) groups is 1. The Balaban J connectivity index is 1.66. The molecule has 3 rings (SSSR count).